The van der Waals surface area contributed by atoms with Crippen molar-refractivity contribution in [3.05, 3.63) is 55.6 Å². The number of hydrogen-bond donors (Lipinski definition) is 1. The van der Waals surface area contributed by atoms with Crippen LogP contribution in [0.15, 0.2) is 50.1 Å². The van der Waals surface area contributed by atoms with Crippen LogP contribution in [0, 0.1) is 0 Å². The summed E-state index contributed by atoms with van der Waals surface area (Å²) in [5.41, 5.74) is 0.853. The third-order valence-electron chi connectivity index (χ3n) is 3.12. The predicted molar refractivity (Wildman–Crippen MR) is 90.0 cm³/mol. The molecule has 3 aromatic rings. The van der Waals surface area contributed by atoms with Gasteiger partial charge in [-0.2, -0.15) is 5.10 Å². The summed E-state index contributed by atoms with van der Waals surface area (Å²) in [6, 6.07) is 11.6. The van der Waals surface area contributed by atoms with Crippen LogP contribution in [0.25, 0.3) is 10.8 Å². The fraction of sp³-hybridized carbons (Fsp3) is 0.0714. The Hall–Kier alpha value is -0.850. The maximum atomic E-state index is 10.2. The van der Waals surface area contributed by atoms with Crippen LogP contribution in [-0.4, -0.2) is 14.9 Å². The van der Waals surface area contributed by atoms with Crippen LogP contribution in [0.5, 0.6) is 5.75 Å². The van der Waals surface area contributed by atoms with Gasteiger partial charge in [-0.1, -0.05) is 30.3 Å². The molecule has 20 heavy (non-hydrogen) atoms. The number of benzene rings is 2. The van der Waals surface area contributed by atoms with E-state index < -0.39 is 0 Å². The second-order valence-electron chi connectivity index (χ2n) is 4.34. The molecule has 3 rings (SSSR count). The molecule has 102 valence electrons. The number of hydrogen-bond acceptors (Lipinski definition) is 2. The summed E-state index contributed by atoms with van der Waals surface area (Å²) < 4.78 is 4.20. The first-order valence-electron chi connectivity index (χ1n) is 5.85. The summed E-state index contributed by atoms with van der Waals surface area (Å²) >= 11 is 10.3. The third-order valence-corrected chi connectivity index (χ3v) is 6.30. The van der Waals surface area contributed by atoms with E-state index in [0.717, 1.165) is 30.0 Å². The standard InChI is InChI=1S/C14H9Br3N2O/c15-12-13(16)18-19(14(12)17)7-10-9-4-2-1-3-8(9)5-6-11(10)20/h1-6,20H,7H2. The molecular formula is C14H9Br3N2O. The third kappa shape index (κ3) is 2.40. The van der Waals surface area contributed by atoms with Gasteiger partial charge in [-0.3, -0.25) is 4.68 Å². The van der Waals surface area contributed by atoms with Crippen molar-refractivity contribution in [2.24, 2.45) is 0 Å². The lowest BCUT2D eigenvalue weighted by Gasteiger charge is -2.10. The van der Waals surface area contributed by atoms with E-state index in [1.54, 1.807) is 10.7 Å². The molecule has 1 heterocycles. The van der Waals surface area contributed by atoms with Gasteiger partial charge in [0, 0.05) is 5.56 Å². The maximum absolute atomic E-state index is 10.2. The van der Waals surface area contributed by atoms with Crippen LogP contribution < -0.4 is 0 Å². The normalized spacial score (nSPS) is 11.2. The van der Waals surface area contributed by atoms with E-state index in [9.17, 15) is 5.11 Å². The van der Waals surface area contributed by atoms with Crippen molar-refractivity contribution in [2.45, 2.75) is 6.54 Å². The SMILES string of the molecule is Oc1ccc2ccccc2c1Cn1nc(Br)c(Br)c1Br. The number of phenols is 1. The lowest BCUT2D eigenvalue weighted by atomic mass is 10.0. The van der Waals surface area contributed by atoms with E-state index in [2.05, 4.69) is 52.9 Å². The van der Waals surface area contributed by atoms with E-state index in [0.29, 0.717) is 6.54 Å². The second-order valence-corrected chi connectivity index (χ2v) is 6.63. The first-order valence-corrected chi connectivity index (χ1v) is 8.22. The molecule has 0 aliphatic heterocycles. The maximum Gasteiger partial charge on any atom is 0.143 e. The number of phenolic OH excluding ortho intramolecular Hbond substituents is 1. The average molecular weight is 461 g/mol. The Kier molecular flexibility index (Phi) is 3.88. The van der Waals surface area contributed by atoms with Gasteiger partial charge in [-0.15, -0.1) is 0 Å². The van der Waals surface area contributed by atoms with Crippen molar-refractivity contribution in [1.82, 2.24) is 9.78 Å². The van der Waals surface area contributed by atoms with Crippen molar-refractivity contribution < 1.29 is 5.11 Å². The Morgan fingerprint density at radius 1 is 1.05 bits per heavy atom. The first-order chi connectivity index (χ1) is 9.58. The summed E-state index contributed by atoms with van der Waals surface area (Å²) in [6.07, 6.45) is 0. The van der Waals surface area contributed by atoms with Gasteiger partial charge in [0.2, 0.25) is 0 Å². The number of fused-ring (bicyclic) bond motifs is 1. The van der Waals surface area contributed by atoms with Crippen LogP contribution in [0.3, 0.4) is 0 Å². The van der Waals surface area contributed by atoms with E-state index in [-0.39, 0.29) is 5.75 Å². The fourth-order valence-corrected chi connectivity index (χ4v) is 3.46. The van der Waals surface area contributed by atoms with Crippen LogP contribution in [0.1, 0.15) is 5.56 Å². The number of rotatable bonds is 2. The van der Waals surface area contributed by atoms with E-state index in [4.69, 9.17) is 0 Å². The Bertz CT molecular complexity index is 798. The Labute approximate surface area is 141 Å². The summed E-state index contributed by atoms with van der Waals surface area (Å²) in [4.78, 5) is 0. The quantitative estimate of drug-likeness (QED) is 0.579. The Balaban J connectivity index is 2.15. The minimum absolute atomic E-state index is 0.276. The molecule has 6 heteroatoms. The summed E-state index contributed by atoms with van der Waals surface area (Å²) in [6.45, 7) is 0.484. The highest BCUT2D eigenvalue weighted by atomic mass is 79.9. The molecule has 0 aliphatic rings. The topological polar surface area (TPSA) is 38.0 Å². The molecule has 0 radical (unpaired) electrons. The van der Waals surface area contributed by atoms with Gasteiger partial charge < -0.3 is 5.11 Å². The highest BCUT2D eigenvalue weighted by molar-refractivity contribution is 9.14. The van der Waals surface area contributed by atoms with Gasteiger partial charge in [0.15, 0.2) is 0 Å². The smallest absolute Gasteiger partial charge is 0.143 e. The van der Waals surface area contributed by atoms with Crippen LogP contribution in [-0.2, 0) is 6.54 Å². The van der Waals surface area contributed by atoms with Crippen molar-refractivity contribution in [3.63, 3.8) is 0 Å². The molecule has 0 unspecified atom stereocenters. The van der Waals surface area contributed by atoms with Gasteiger partial charge in [0.25, 0.3) is 0 Å². The highest BCUT2D eigenvalue weighted by Crippen LogP contribution is 2.33. The molecule has 0 atom stereocenters. The number of halogens is 3. The molecule has 1 N–H and O–H groups in total. The zero-order chi connectivity index (χ0) is 14.3. The summed E-state index contributed by atoms with van der Waals surface area (Å²) in [7, 11) is 0. The Morgan fingerprint density at radius 2 is 1.80 bits per heavy atom. The monoisotopic (exact) mass is 458 g/mol. The Morgan fingerprint density at radius 3 is 2.50 bits per heavy atom. The van der Waals surface area contributed by atoms with Crippen LogP contribution >= 0.6 is 47.8 Å². The van der Waals surface area contributed by atoms with Gasteiger partial charge in [-0.05, 0) is 64.6 Å². The van der Waals surface area contributed by atoms with Crippen molar-refractivity contribution in [2.75, 3.05) is 0 Å². The first kappa shape index (κ1) is 14.1. The molecule has 0 amide bonds. The molecular weight excluding hydrogens is 452 g/mol. The van der Waals surface area contributed by atoms with Crippen molar-refractivity contribution in [1.29, 1.82) is 0 Å². The molecule has 2 aromatic carbocycles. The number of aromatic hydroxyl groups is 1. The molecule has 3 nitrogen and oxygen atoms in total. The van der Waals surface area contributed by atoms with Crippen LogP contribution in [0.4, 0.5) is 0 Å². The molecule has 0 spiro atoms. The number of aromatic nitrogens is 2. The van der Waals surface area contributed by atoms with Gasteiger partial charge in [-0.25, -0.2) is 0 Å². The summed E-state index contributed by atoms with van der Waals surface area (Å²) in [5.74, 6) is 0.276. The predicted octanol–water partition coefficient (Wildman–Crippen LogP) is 5.08. The highest BCUT2D eigenvalue weighted by Gasteiger charge is 2.14. The molecule has 0 saturated carbocycles. The molecule has 0 aliphatic carbocycles. The summed E-state index contributed by atoms with van der Waals surface area (Å²) in [5, 5.41) is 16.7. The minimum Gasteiger partial charge on any atom is -0.508 e. The van der Waals surface area contributed by atoms with Gasteiger partial charge in [0.1, 0.15) is 15.0 Å². The van der Waals surface area contributed by atoms with Gasteiger partial charge in [0.05, 0.1) is 11.0 Å². The van der Waals surface area contributed by atoms with E-state index >= 15 is 0 Å². The lowest BCUT2D eigenvalue weighted by Crippen LogP contribution is -2.03. The fourth-order valence-electron chi connectivity index (χ4n) is 2.14. The van der Waals surface area contributed by atoms with E-state index in [1.165, 1.54) is 0 Å². The molecule has 0 bridgehead atoms. The molecule has 1 aromatic heterocycles. The van der Waals surface area contributed by atoms with Crippen LogP contribution in [0.2, 0.25) is 0 Å². The largest absolute Gasteiger partial charge is 0.508 e. The zero-order valence-electron chi connectivity index (χ0n) is 10.1. The van der Waals surface area contributed by atoms with E-state index in [1.807, 2.05) is 30.3 Å². The number of nitrogens with zero attached hydrogens (tertiary/aromatic N) is 2. The molecule has 0 saturated heterocycles. The zero-order valence-corrected chi connectivity index (χ0v) is 14.9. The second kappa shape index (κ2) is 5.50. The lowest BCUT2D eigenvalue weighted by molar-refractivity contribution is 0.465. The molecule has 0 fully saturated rings. The van der Waals surface area contributed by atoms with Gasteiger partial charge >= 0.3 is 0 Å². The van der Waals surface area contributed by atoms with Crippen molar-refractivity contribution in [3.8, 4) is 5.75 Å². The minimum atomic E-state index is 0.276. The average Bonchev–Trinajstić information content (AvgIpc) is 2.69. The van der Waals surface area contributed by atoms with Crippen molar-refractivity contribution >= 4 is 58.6 Å².